The largest absolute Gasteiger partial charge is 0.299 e. The summed E-state index contributed by atoms with van der Waals surface area (Å²) in [6.07, 6.45) is 6.18. The van der Waals surface area contributed by atoms with Crippen molar-refractivity contribution in [1.29, 1.82) is 0 Å². The van der Waals surface area contributed by atoms with Crippen LogP contribution in [0, 0.1) is 17.8 Å². The van der Waals surface area contributed by atoms with Crippen LogP contribution in [0.4, 0.5) is 0 Å². The molecule has 12 heavy (non-hydrogen) atoms. The number of carbonyl (C=O) groups is 1. The van der Waals surface area contributed by atoms with Gasteiger partial charge in [0.2, 0.25) is 0 Å². The summed E-state index contributed by atoms with van der Waals surface area (Å²) in [7, 11) is 0. The molecular weight excluding hydrogens is 148 g/mol. The first-order valence-electron chi connectivity index (χ1n) is 4.63. The van der Waals surface area contributed by atoms with Gasteiger partial charge in [-0.2, -0.15) is 0 Å². The number of hydrogen-bond acceptors (Lipinski definition) is 1. The summed E-state index contributed by atoms with van der Waals surface area (Å²) < 4.78 is 0. The Bertz CT molecular complexity index is 262. The van der Waals surface area contributed by atoms with E-state index < -0.39 is 0 Å². The van der Waals surface area contributed by atoms with E-state index in [-0.39, 0.29) is 5.92 Å². The lowest BCUT2D eigenvalue weighted by Crippen LogP contribution is -2.19. The van der Waals surface area contributed by atoms with Crippen molar-refractivity contribution >= 4 is 5.78 Å². The standard InChI is InChI=1S/C11H14O/c1-3-10(12)11-7(2)8-4-5-9(11)6-8/h4-5,8-9,11H,2-3,6H2,1H3/t8-,9-,11+/m0/s1. The highest BCUT2D eigenvalue weighted by Crippen LogP contribution is 2.47. The minimum atomic E-state index is 0.157. The molecule has 64 valence electrons. The van der Waals surface area contributed by atoms with Gasteiger partial charge >= 0.3 is 0 Å². The van der Waals surface area contributed by atoms with Crippen molar-refractivity contribution in [3.8, 4) is 0 Å². The maximum Gasteiger partial charge on any atom is 0.140 e. The monoisotopic (exact) mass is 162 g/mol. The van der Waals surface area contributed by atoms with Crippen LogP contribution in [0.3, 0.4) is 0 Å². The Morgan fingerprint density at radius 2 is 2.42 bits per heavy atom. The highest BCUT2D eigenvalue weighted by Gasteiger charge is 2.41. The third kappa shape index (κ3) is 0.889. The fourth-order valence-electron chi connectivity index (χ4n) is 2.42. The molecule has 1 saturated carbocycles. The van der Waals surface area contributed by atoms with E-state index in [0.717, 1.165) is 12.0 Å². The minimum absolute atomic E-state index is 0.157. The zero-order chi connectivity index (χ0) is 8.72. The first-order chi connectivity index (χ1) is 5.74. The molecule has 0 N–H and O–H groups in total. The Morgan fingerprint density at radius 1 is 1.67 bits per heavy atom. The topological polar surface area (TPSA) is 17.1 Å². The maximum absolute atomic E-state index is 11.5. The molecule has 1 heteroatoms. The van der Waals surface area contributed by atoms with Crippen LogP contribution in [0.1, 0.15) is 19.8 Å². The van der Waals surface area contributed by atoms with Crippen LogP contribution in [0.25, 0.3) is 0 Å². The molecule has 1 nitrogen and oxygen atoms in total. The average molecular weight is 162 g/mol. The van der Waals surface area contributed by atoms with Gasteiger partial charge in [-0.15, -0.1) is 0 Å². The molecule has 0 amide bonds. The van der Waals surface area contributed by atoms with Gasteiger partial charge in [0.25, 0.3) is 0 Å². The van der Waals surface area contributed by atoms with Gasteiger partial charge in [-0.1, -0.05) is 31.2 Å². The lowest BCUT2D eigenvalue weighted by atomic mass is 9.85. The first kappa shape index (κ1) is 7.78. The second-order valence-corrected chi connectivity index (χ2v) is 3.76. The van der Waals surface area contributed by atoms with Crippen molar-refractivity contribution in [3.05, 3.63) is 24.3 Å². The second kappa shape index (κ2) is 2.58. The Kier molecular flexibility index (Phi) is 1.67. The van der Waals surface area contributed by atoms with E-state index in [9.17, 15) is 4.79 Å². The number of rotatable bonds is 2. The highest BCUT2D eigenvalue weighted by molar-refractivity contribution is 5.85. The van der Waals surface area contributed by atoms with Gasteiger partial charge in [-0.25, -0.2) is 0 Å². The summed E-state index contributed by atoms with van der Waals surface area (Å²) in [5, 5.41) is 0. The number of carbonyl (C=O) groups excluding carboxylic acids is 1. The predicted molar refractivity (Wildman–Crippen MR) is 48.7 cm³/mol. The van der Waals surface area contributed by atoms with Gasteiger partial charge in [0, 0.05) is 12.3 Å². The summed E-state index contributed by atoms with van der Waals surface area (Å²) in [4.78, 5) is 11.5. The quantitative estimate of drug-likeness (QED) is 0.569. The third-order valence-electron chi connectivity index (χ3n) is 3.12. The highest BCUT2D eigenvalue weighted by atomic mass is 16.1. The van der Waals surface area contributed by atoms with Gasteiger partial charge < -0.3 is 0 Å². The van der Waals surface area contributed by atoms with Crippen molar-refractivity contribution in [2.75, 3.05) is 0 Å². The summed E-state index contributed by atoms with van der Waals surface area (Å²) in [5.41, 5.74) is 1.16. The summed E-state index contributed by atoms with van der Waals surface area (Å²) in [6, 6.07) is 0. The minimum Gasteiger partial charge on any atom is -0.299 e. The Labute approximate surface area is 73.2 Å². The molecule has 3 atom stereocenters. The first-order valence-corrected chi connectivity index (χ1v) is 4.63. The van der Waals surface area contributed by atoms with E-state index in [1.165, 1.54) is 0 Å². The van der Waals surface area contributed by atoms with Crippen LogP contribution in [0.2, 0.25) is 0 Å². The summed E-state index contributed by atoms with van der Waals surface area (Å²) >= 11 is 0. The molecule has 2 aliphatic rings. The smallest absolute Gasteiger partial charge is 0.140 e. The Hall–Kier alpha value is -0.850. The number of Topliss-reactive ketones (excluding diaryl/α,β-unsaturated/α-hetero) is 1. The summed E-state index contributed by atoms with van der Waals surface area (Å²) in [5.74, 6) is 1.52. The molecule has 0 aromatic heterocycles. The van der Waals surface area contributed by atoms with Crippen molar-refractivity contribution in [3.63, 3.8) is 0 Å². The van der Waals surface area contributed by atoms with Crippen molar-refractivity contribution in [2.24, 2.45) is 17.8 Å². The van der Waals surface area contributed by atoms with Crippen LogP contribution < -0.4 is 0 Å². The van der Waals surface area contributed by atoms with E-state index in [2.05, 4.69) is 18.7 Å². The van der Waals surface area contributed by atoms with Crippen LogP contribution in [0.15, 0.2) is 24.3 Å². The molecule has 0 radical (unpaired) electrons. The SMILES string of the molecule is C=C1[C@@H](C(=O)CC)[C@H]2C=C[C@H]1C2. The zero-order valence-corrected chi connectivity index (χ0v) is 7.42. The van der Waals surface area contributed by atoms with Crippen molar-refractivity contribution in [1.82, 2.24) is 0 Å². The number of allylic oxidation sites excluding steroid dienone is 3. The van der Waals surface area contributed by atoms with Crippen LogP contribution in [0.5, 0.6) is 0 Å². The third-order valence-corrected chi connectivity index (χ3v) is 3.12. The molecule has 0 aromatic rings. The molecule has 0 heterocycles. The van der Waals surface area contributed by atoms with E-state index >= 15 is 0 Å². The Balaban J connectivity index is 2.23. The predicted octanol–water partition coefficient (Wildman–Crippen LogP) is 2.34. The van der Waals surface area contributed by atoms with Gasteiger partial charge in [-0.05, 0) is 18.3 Å². The molecule has 2 aliphatic carbocycles. The molecule has 0 aromatic carbocycles. The zero-order valence-electron chi connectivity index (χ0n) is 7.42. The van der Waals surface area contributed by atoms with E-state index in [0.29, 0.717) is 24.0 Å². The van der Waals surface area contributed by atoms with Crippen molar-refractivity contribution in [2.45, 2.75) is 19.8 Å². The maximum atomic E-state index is 11.5. The summed E-state index contributed by atoms with van der Waals surface area (Å²) in [6.45, 7) is 5.95. The van der Waals surface area contributed by atoms with Crippen molar-refractivity contribution < 1.29 is 4.79 Å². The number of ketones is 1. The number of fused-ring (bicyclic) bond motifs is 2. The molecule has 2 rings (SSSR count). The van der Waals surface area contributed by atoms with Gasteiger partial charge in [0.05, 0.1) is 0 Å². The number of hydrogen-bond donors (Lipinski definition) is 0. The van der Waals surface area contributed by atoms with Crippen LogP contribution in [-0.4, -0.2) is 5.78 Å². The Morgan fingerprint density at radius 3 is 2.92 bits per heavy atom. The van der Waals surface area contributed by atoms with Gasteiger partial charge in [0.1, 0.15) is 5.78 Å². The van der Waals surface area contributed by atoms with Gasteiger partial charge in [-0.3, -0.25) is 4.79 Å². The fraction of sp³-hybridized carbons (Fsp3) is 0.545. The normalized spacial score (nSPS) is 37.8. The molecule has 1 fully saturated rings. The van der Waals surface area contributed by atoms with E-state index in [1.54, 1.807) is 0 Å². The average Bonchev–Trinajstić information content (AvgIpc) is 2.63. The molecule has 0 unspecified atom stereocenters. The lowest BCUT2D eigenvalue weighted by molar-refractivity contribution is -0.122. The molecule has 0 spiro atoms. The van der Waals surface area contributed by atoms with E-state index in [1.807, 2.05) is 6.92 Å². The fourth-order valence-corrected chi connectivity index (χ4v) is 2.42. The van der Waals surface area contributed by atoms with Crippen LogP contribution in [-0.2, 0) is 4.79 Å². The second-order valence-electron chi connectivity index (χ2n) is 3.76. The van der Waals surface area contributed by atoms with Crippen LogP contribution >= 0.6 is 0 Å². The van der Waals surface area contributed by atoms with Gasteiger partial charge in [0.15, 0.2) is 0 Å². The lowest BCUT2D eigenvalue weighted by Gasteiger charge is -2.18. The van der Waals surface area contributed by atoms with E-state index in [4.69, 9.17) is 0 Å². The molecule has 0 aliphatic heterocycles. The molecule has 2 bridgehead atoms. The molecule has 0 saturated heterocycles. The molecular formula is C11H14O.